The summed E-state index contributed by atoms with van der Waals surface area (Å²) in [6, 6.07) is 9.50. The van der Waals surface area contributed by atoms with Crippen molar-refractivity contribution >= 4 is 5.97 Å². The number of aryl methyl sites for hydroxylation is 1. The van der Waals surface area contributed by atoms with E-state index in [0.29, 0.717) is 28.9 Å². The molecule has 0 aliphatic heterocycles. The number of rotatable bonds is 6. The second-order valence-electron chi connectivity index (χ2n) is 7.35. The highest BCUT2D eigenvalue weighted by atomic mass is 19.4. The lowest BCUT2D eigenvalue weighted by molar-refractivity contribution is -0.138. The van der Waals surface area contributed by atoms with Crippen molar-refractivity contribution in [2.75, 3.05) is 7.11 Å². The fraction of sp³-hybridized carbons (Fsp3) is 0.435. The molecule has 0 N–H and O–H groups in total. The lowest BCUT2D eigenvalue weighted by Crippen LogP contribution is -2.12. The van der Waals surface area contributed by atoms with E-state index in [1.807, 2.05) is 6.92 Å². The molecule has 2 aromatic rings. The van der Waals surface area contributed by atoms with Crippen LogP contribution in [-0.4, -0.2) is 13.1 Å². The highest BCUT2D eigenvalue weighted by Gasteiger charge is 2.36. The van der Waals surface area contributed by atoms with Crippen molar-refractivity contribution in [1.82, 2.24) is 0 Å². The predicted molar refractivity (Wildman–Crippen MR) is 104 cm³/mol. The highest BCUT2D eigenvalue weighted by Crippen LogP contribution is 2.42. The van der Waals surface area contributed by atoms with Crippen LogP contribution in [0.25, 0.3) is 0 Å². The summed E-state index contributed by atoms with van der Waals surface area (Å²) in [5, 5.41) is 0. The van der Waals surface area contributed by atoms with Crippen LogP contribution >= 0.6 is 0 Å². The Bertz CT molecular complexity index is 868. The summed E-state index contributed by atoms with van der Waals surface area (Å²) < 4.78 is 51.3. The largest absolute Gasteiger partial charge is 0.489 e. The summed E-state index contributed by atoms with van der Waals surface area (Å²) in [4.78, 5) is 11.8. The smallest absolute Gasteiger partial charge is 0.416 e. The van der Waals surface area contributed by atoms with Crippen molar-refractivity contribution in [2.24, 2.45) is 0 Å². The third-order valence-electron chi connectivity index (χ3n) is 5.49. The summed E-state index contributed by atoms with van der Waals surface area (Å²) in [6.45, 7) is 1.93. The van der Waals surface area contributed by atoms with Gasteiger partial charge in [-0.1, -0.05) is 31.9 Å². The molecule has 0 atom stereocenters. The average molecular weight is 406 g/mol. The number of esters is 1. The summed E-state index contributed by atoms with van der Waals surface area (Å²) in [6.07, 6.45) is -0.194. The van der Waals surface area contributed by atoms with E-state index in [9.17, 15) is 18.0 Å². The number of alkyl halides is 3. The molecule has 3 rings (SSSR count). The minimum Gasteiger partial charge on any atom is -0.489 e. The number of hydrogen-bond donors (Lipinski definition) is 0. The Labute approximate surface area is 168 Å². The fourth-order valence-corrected chi connectivity index (χ4v) is 3.96. The number of benzene rings is 2. The molecule has 1 aliphatic rings. The maximum Gasteiger partial charge on any atom is 0.416 e. The lowest BCUT2D eigenvalue weighted by Gasteiger charge is -2.19. The van der Waals surface area contributed by atoms with E-state index in [1.165, 1.54) is 13.2 Å². The molecule has 0 radical (unpaired) electrons. The Kier molecular flexibility index (Phi) is 6.50. The van der Waals surface area contributed by atoms with E-state index in [-0.39, 0.29) is 12.5 Å². The van der Waals surface area contributed by atoms with Crippen LogP contribution in [0, 0.1) is 0 Å². The minimum atomic E-state index is -4.38. The lowest BCUT2D eigenvalue weighted by atomic mass is 9.91. The number of ether oxygens (including phenoxy) is 2. The van der Waals surface area contributed by atoms with Crippen LogP contribution in [0.2, 0.25) is 0 Å². The summed E-state index contributed by atoms with van der Waals surface area (Å²) in [7, 11) is 1.32. The zero-order valence-electron chi connectivity index (χ0n) is 16.6. The Morgan fingerprint density at radius 3 is 2.45 bits per heavy atom. The topological polar surface area (TPSA) is 35.5 Å². The van der Waals surface area contributed by atoms with E-state index in [0.717, 1.165) is 31.2 Å². The van der Waals surface area contributed by atoms with Crippen molar-refractivity contribution < 1.29 is 27.4 Å². The van der Waals surface area contributed by atoms with E-state index in [4.69, 9.17) is 9.47 Å². The molecule has 1 fully saturated rings. The third kappa shape index (κ3) is 4.92. The number of hydrogen-bond acceptors (Lipinski definition) is 3. The number of halogens is 3. The van der Waals surface area contributed by atoms with E-state index < -0.39 is 17.7 Å². The molecule has 0 unspecified atom stereocenters. The van der Waals surface area contributed by atoms with Crippen LogP contribution in [0.15, 0.2) is 36.4 Å². The molecule has 2 aromatic carbocycles. The van der Waals surface area contributed by atoms with Crippen molar-refractivity contribution in [3.63, 3.8) is 0 Å². The Morgan fingerprint density at radius 2 is 1.83 bits per heavy atom. The SMILES string of the molecule is CCc1cc(OCc2ccc(C3CCCC3)c(C(F)(F)F)c2)ccc1C(=O)OC. The molecule has 0 heterocycles. The van der Waals surface area contributed by atoms with Gasteiger partial charge < -0.3 is 9.47 Å². The van der Waals surface area contributed by atoms with Gasteiger partial charge in [0, 0.05) is 0 Å². The van der Waals surface area contributed by atoms with Crippen LogP contribution in [0.1, 0.15) is 71.1 Å². The Balaban J connectivity index is 1.79. The van der Waals surface area contributed by atoms with Gasteiger partial charge in [-0.05, 0) is 66.1 Å². The molecular formula is C23H25F3O3. The average Bonchev–Trinajstić information content (AvgIpc) is 3.25. The van der Waals surface area contributed by atoms with Gasteiger partial charge in [-0.3, -0.25) is 0 Å². The zero-order valence-corrected chi connectivity index (χ0v) is 16.6. The van der Waals surface area contributed by atoms with Gasteiger partial charge in [0.15, 0.2) is 0 Å². The molecule has 3 nitrogen and oxygen atoms in total. The number of methoxy groups -OCH3 is 1. The number of carbonyl (C=O) groups is 1. The van der Waals surface area contributed by atoms with E-state index in [2.05, 4.69) is 0 Å². The second kappa shape index (κ2) is 8.89. The van der Waals surface area contributed by atoms with Gasteiger partial charge in [0.1, 0.15) is 12.4 Å². The van der Waals surface area contributed by atoms with Crippen molar-refractivity contribution in [3.05, 3.63) is 64.2 Å². The number of carbonyl (C=O) groups excluding carboxylic acids is 1. The van der Waals surface area contributed by atoms with Gasteiger partial charge in [0.2, 0.25) is 0 Å². The van der Waals surface area contributed by atoms with E-state index >= 15 is 0 Å². The summed E-state index contributed by atoms with van der Waals surface area (Å²) >= 11 is 0. The molecular weight excluding hydrogens is 381 g/mol. The molecule has 0 spiro atoms. The van der Waals surface area contributed by atoms with Gasteiger partial charge in [0.25, 0.3) is 0 Å². The first kappa shape index (κ1) is 21.2. The third-order valence-corrected chi connectivity index (χ3v) is 5.49. The molecule has 0 saturated heterocycles. The van der Waals surface area contributed by atoms with Gasteiger partial charge in [-0.15, -0.1) is 0 Å². The summed E-state index contributed by atoms with van der Waals surface area (Å²) in [5.41, 5.74) is 1.54. The second-order valence-corrected chi connectivity index (χ2v) is 7.35. The van der Waals surface area contributed by atoms with Crippen molar-refractivity contribution in [1.29, 1.82) is 0 Å². The predicted octanol–water partition coefficient (Wildman–Crippen LogP) is 6.29. The molecule has 1 saturated carbocycles. The van der Waals surface area contributed by atoms with Crippen molar-refractivity contribution in [2.45, 2.75) is 57.7 Å². The maximum atomic E-state index is 13.6. The van der Waals surface area contributed by atoms with Gasteiger partial charge in [-0.25, -0.2) is 4.79 Å². The normalized spacial score (nSPS) is 14.8. The monoisotopic (exact) mass is 406 g/mol. The fourth-order valence-electron chi connectivity index (χ4n) is 3.96. The Hall–Kier alpha value is -2.50. The first-order chi connectivity index (χ1) is 13.8. The van der Waals surface area contributed by atoms with Gasteiger partial charge in [-0.2, -0.15) is 13.2 Å². The summed E-state index contributed by atoms with van der Waals surface area (Å²) in [5.74, 6) is 0.0632. The molecule has 156 valence electrons. The molecule has 0 amide bonds. The quantitative estimate of drug-likeness (QED) is 0.529. The zero-order chi connectivity index (χ0) is 21.0. The van der Waals surface area contributed by atoms with Crippen LogP contribution in [-0.2, 0) is 23.9 Å². The molecule has 0 bridgehead atoms. The van der Waals surface area contributed by atoms with Crippen molar-refractivity contribution in [3.8, 4) is 5.75 Å². The van der Waals surface area contributed by atoms with Crippen LogP contribution < -0.4 is 4.74 Å². The van der Waals surface area contributed by atoms with Crippen LogP contribution in [0.3, 0.4) is 0 Å². The van der Waals surface area contributed by atoms with E-state index in [1.54, 1.807) is 30.3 Å². The first-order valence-corrected chi connectivity index (χ1v) is 9.87. The standard InChI is InChI=1S/C23H25F3O3/c1-3-16-13-18(9-11-20(16)22(27)28-2)29-14-15-8-10-19(17-6-4-5-7-17)21(12-15)23(24,25)26/h8-13,17H,3-7,14H2,1-2H3. The molecule has 6 heteroatoms. The molecule has 0 aromatic heterocycles. The minimum absolute atomic E-state index is 0.0143. The highest BCUT2D eigenvalue weighted by molar-refractivity contribution is 5.91. The van der Waals surface area contributed by atoms with Gasteiger partial charge >= 0.3 is 12.1 Å². The molecule has 29 heavy (non-hydrogen) atoms. The Morgan fingerprint density at radius 1 is 1.10 bits per heavy atom. The maximum absolute atomic E-state index is 13.6. The molecule has 1 aliphatic carbocycles. The van der Waals surface area contributed by atoms with Gasteiger partial charge in [0.05, 0.1) is 18.2 Å². The van der Waals surface area contributed by atoms with Crippen LogP contribution in [0.4, 0.5) is 13.2 Å². The van der Waals surface area contributed by atoms with Crippen LogP contribution in [0.5, 0.6) is 5.75 Å². The first-order valence-electron chi connectivity index (χ1n) is 9.87.